The topological polar surface area (TPSA) is 55.1 Å². The molecule has 0 aliphatic heterocycles. The van der Waals surface area contributed by atoms with E-state index in [-0.39, 0.29) is 11.8 Å². The lowest BCUT2D eigenvalue weighted by atomic mass is 9.80. The molecule has 1 fully saturated rings. The molecule has 2 aliphatic rings. The van der Waals surface area contributed by atoms with E-state index in [1.807, 2.05) is 0 Å². The molecule has 1 aromatic rings. The molecule has 1 unspecified atom stereocenters. The highest BCUT2D eigenvalue weighted by atomic mass is 16.1. The molecule has 0 spiro atoms. The van der Waals surface area contributed by atoms with Gasteiger partial charge in [0.15, 0.2) is 0 Å². The molecule has 2 aliphatic carbocycles. The third-order valence-electron chi connectivity index (χ3n) is 4.55. The summed E-state index contributed by atoms with van der Waals surface area (Å²) in [6.45, 7) is 0.810. The van der Waals surface area contributed by atoms with E-state index in [2.05, 4.69) is 29.6 Å². The number of nitrogens with two attached hydrogens (primary N) is 1. The summed E-state index contributed by atoms with van der Waals surface area (Å²) in [5.74, 6) is 0.994. The molecule has 1 saturated carbocycles. The van der Waals surface area contributed by atoms with Crippen LogP contribution in [0.4, 0.5) is 0 Å². The quantitative estimate of drug-likeness (QED) is 0.866. The van der Waals surface area contributed by atoms with Gasteiger partial charge in [-0.25, -0.2) is 0 Å². The van der Waals surface area contributed by atoms with E-state index >= 15 is 0 Å². The first-order valence-corrected chi connectivity index (χ1v) is 7.32. The number of carbonyl (C=O) groups excluding carboxylic acids is 1. The minimum absolute atomic E-state index is 0.156. The van der Waals surface area contributed by atoms with Crippen molar-refractivity contribution in [2.45, 2.75) is 38.1 Å². The number of hydrogen-bond donors (Lipinski definition) is 2. The Kier molecular flexibility index (Phi) is 3.56. The van der Waals surface area contributed by atoms with E-state index in [0.29, 0.717) is 12.0 Å². The summed E-state index contributed by atoms with van der Waals surface area (Å²) in [6, 6.07) is 8.84. The maximum absolute atomic E-state index is 12.2. The summed E-state index contributed by atoms with van der Waals surface area (Å²) in [4.78, 5) is 12.2. The van der Waals surface area contributed by atoms with Gasteiger partial charge in [-0.3, -0.25) is 4.79 Å². The lowest BCUT2D eigenvalue weighted by molar-refractivity contribution is -0.125. The smallest absolute Gasteiger partial charge is 0.223 e. The number of fused-ring (bicyclic) bond motifs is 1. The number of hydrogen-bond acceptors (Lipinski definition) is 2. The maximum atomic E-state index is 12.2. The largest absolute Gasteiger partial charge is 0.356 e. The van der Waals surface area contributed by atoms with Crippen molar-refractivity contribution >= 4 is 5.91 Å². The molecular weight excluding hydrogens is 236 g/mol. The van der Waals surface area contributed by atoms with Crippen molar-refractivity contribution in [1.29, 1.82) is 0 Å². The molecule has 3 N–H and O–H groups in total. The summed E-state index contributed by atoms with van der Waals surface area (Å²) < 4.78 is 0. The second-order valence-electron chi connectivity index (χ2n) is 6.05. The zero-order valence-electron chi connectivity index (χ0n) is 11.3. The Labute approximate surface area is 114 Å². The molecule has 0 aromatic heterocycles. The third kappa shape index (κ3) is 2.81. The number of nitrogens with one attached hydrogen (secondary N) is 1. The number of rotatable bonds is 3. The van der Waals surface area contributed by atoms with Crippen molar-refractivity contribution in [2.24, 2.45) is 17.6 Å². The Hall–Kier alpha value is -1.35. The molecule has 0 saturated heterocycles. The Balaban J connectivity index is 1.51. The van der Waals surface area contributed by atoms with Gasteiger partial charge in [-0.15, -0.1) is 0 Å². The van der Waals surface area contributed by atoms with Crippen molar-refractivity contribution in [2.75, 3.05) is 6.54 Å². The van der Waals surface area contributed by atoms with Gasteiger partial charge in [0.1, 0.15) is 0 Å². The van der Waals surface area contributed by atoms with E-state index in [1.165, 1.54) is 11.1 Å². The second-order valence-corrected chi connectivity index (χ2v) is 6.05. The van der Waals surface area contributed by atoms with Gasteiger partial charge < -0.3 is 11.1 Å². The first-order chi connectivity index (χ1) is 9.22. The Bertz CT molecular complexity index is 466. The van der Waals surface area contributed by atoms with E-state index < -0.39 is 0 Å². The van der Waals surface area contributed by atoms with Crippen molar-refractivity contribution in [3.8, 4) is 0 Å². The lowest BCUT2D eigenvalue weighted by Crippen LogP contribution is -2.44. The lowest BCUT2D eigenvalue weighted by Gasteiger charge is -2.33. The average molecular weight is 258 g/mol. The molecular formula is C16H22N2O. The molecule has 19 heavy (non-hydrogen) atoms. The maximum Gasteiger partial charge on any atom is 0.223 e. The van der Waals surface area contributed by atoms with E-state index in [9.17, 15) is 4.79 Å². The number of carbonyl (C=O) groups is 1. The molecule has 3 rings (SSSR count). The van der Waals surface area contributed by atoms with Crippen LogP contribution in [0.5, 0.6) is 0 Å². The number of benzene rings is 1. The molecule has 3 heteroatoms. The molecule has 0 heterocycles. The predicted octanol–water partition coefficient (Wildman–Crippen LogP) is 1.64. The summed E-state index contributed by atoms with van der Waals surface area (Å²) in [5.41, 5.74) is 8.52. The van der Waals surface area contributed by atoms with Crippen molar-refractivity contribution in [3.63, 3.8) is 0 Å². The van der Waals surface area contributed by atoms with Gasteiger partial charge in [-0.2, -0.15) is 0 Å². The van der Waals surface area contributed by atoms with Gasteiger partial charge in [0.2, 0.25) is 5.91 Å². The highest BCUT2D eigenvalue weighted by Gasteiger charge is 2.28. The summed E-state index contributed by atoms with van der Waals surface area (Å²) in [5, 5.41) is 3.11. The van der Waals surface area contributed by atoms with Gasteiger partial charge in [0.25, 0.3) is 0 Å². The van der Waals surface area contributed by atoms with Crippen LogP contribution in [0.1, 0.15) is 30.4 Å². The van der Waals surface area contributed by atoms with Crippen LogP contribution in [0.25, 0.3) is 0 Å². The average Bonchev–Trinajstić information content (AvgIpc) is 2.41. The Morgan fingerprint density at radius 3 is 2.74 bits per heavy atom. The fourth-order valence-corrected chi connectivity index (χ4v) is 3.26. The zero-order chi connectivity index (χ0) is 13.2. The number of amides is 1. The third-order valence-corrected chi connectivity index (χ3v) is 4.55. The molecule has 0 radical (unpaired) electrons. The molecule has 1 aromatic carbocycles. The van der Waals surface area contributed by atoms with Gasteiger partial charge >= 0.3 is 0 Å². The minimum atomic E-state index is 0.156. The van der Waals surface area contributed by atoms with Crippen LogP contribution in [-0.2, 0) is 17.6 Å². The van der Waals surface area contributed by atoms with Crippen LogP contribution in [0.3, 0.4) is 0 Å². The summed E-state index contributed by atoms with van der Waals surface area (Å²) in [6.07, 6.45) is 5.03. The molecule has 1 atom stereocenters. The molecule has 1 amide bonds. The van der Waals surface area contributed by atoms with E-state index in [4.69, 9.17) is 5.73 Å². The molecule has 3 nitrogen and oxygen atoms in total. The molecule has 0 bridgehead atoms. The fraction of sp³-hybridized carbons (Fsp3) is 0.562. The van der Waals surface area contributed by atoms with Crippen molar-refractivity contribution in [1.82, 2.24) is 5.32 Å². The van der Waals surface area contributed by atoms with Crippen molar-refractivity contribution < 1.29 is 4.79 Å². The van der Waals surface area contributed by atoms with Gasteiger partial charge in [0.05, 0.1) is 0 Å². The van der Waals surface area contributed by atoms with Gasteiger partial charge in [0, 0.05) is 18.5 Å². The molecule has 102 valence electrons. The van der Waals surface area contributed by atoms with E-state index in [1.54, 1.807) is 0 Å². The normalized spacial score (nSPS) is 29.2. The van der Waals surface area contributed by atoms with Crippen LogP contribution in [0.2, 0.25) is 0 Å². The highest BCUT2D eigenvalue weighted by Crippen LogP contribution is 2.27. The van der Waals surface area contributed by atoms with Crippen LogP contribution in [0, 0.1) is 11.8 Å². The highest BCUT2D eigenvalue weighted by molar-refractivity contribution is 5.79. The first kappa shape index (κ1) is 12.7. The summed E-state index contributed by atoms with van der Waals surface area (Å²) in [7, 11) is 0. The van der Waals surface area contributed by atoms with Crippen LogP contribution in [-0.4, -0.2) is 18.5 Å². The fourth-order valence-electron chi connectivity index (χ4n) is 3.26. The number of aryl methyl sites for hydroxylation is 1. The Morgan fingerprint density at radius 1 is 1.26 bits per heavy atom. The zero-order valence-corrected chi connectivity index (χ0v) is 11.3. The Morgan fingerprint density at radius 2 is 2.00 bits per heavy atom. The second kappa shape index (κ2) is 5.33. The van der Waals surface area contributed by atoms with Crippen LogP contribution >= 0.6 is 0 Å². The van der Waals surface area contributed by atoms with Crippen LogP contribution < -0.4 is 11.1 Å². The van der Waals surface area contributed by atoms with Crippen LogP contribution in [0.15, 0.2) is 24.3 Å². The monoisotopic (exact) mass is 258 g/mol. The first-order valence-electron chi connectivity index (χ1n) is 7.32. The van der Waals surface area contributed by atoms with Gasteiger partial charge in [-0.05, 0) is 49.1 Å². The van der Waals surface area contributed by atoms with E-state index in [0.717, 1.165) is 38.6 Å². The minimum Gasteiger partial charge on any atom is -0.356 e. The SMILES string of the molecule is NC1CC(CNC(=O)C2CCc3ccccc3C2)C1. The predicted molar refractivity (Wildman–Crippen MR) is 75.7 cm³/mol. The van der Waals surface area contributed by atoms with Gasteiger partial charge in [-0.1, -0.05) is 24.3 Å². The standard InChI is InChI=1S/C16H22N2O/c17-15-7-11(8-15)10-18-16(19)14-6-5-12-3-1-2-4-13(12)9-14/h1-4,11,14-15H,5-10,17H2,(H,18,19). The summed E-state index contributed by atoms with van der Waals surface area (Å²) >= 11 is 0. The van der Waals surface area contributed by atoms with Crippen molar-refractivity contribution in [3.05, 3.63) is 35.4 Å².